The molecule has 2 amide bonds. The van der Waals surface area contributed by atoms with Crippen LogP contribution in [0.2, 0.25) is 0 Å². The van der Waals surface area contributed by atoms with Crippen LogP contribution in [-0.2, 0) is 14.3 Å². The van der Waals surface area contributed by atoms with Crippen molar-refractivity contribution >= 4 is 41.3 Å². The lowest BCUT2D eigenvalue weighted by atomic mass is 10.0. The number of nitrogens with one attached hydrogen (secondary N) is 1. The predicted molar refractivity (Wildman–Crippen MR) is 122 cm³/mol. The Hall–Kier alpha value is -3.92. The van der Waals surface area contributed by atoms with Crippen LogP contribution in [0.5, 0.6) is 0 Å². The van der Waals surface area contributed by atoms with Gasteiger partial charge in [-0.3, -0.25) is 19.3 Å². The molecule has 2 aliphatic heterocycles. The van der Waals surface area contributed by atoms with Gasteiger partial charge in [0.1, 0.15) is 17.1 Å². The Labute approximate surface area is 198 Å². The number of carboxylic acid groups (broad SMARTS) is 1. The summed E-state index contributed by atoms with van der Waals surface area (Å²) in [5, 5.41) is 11.3. The van der Waals surface area contributed by atoms with Gasteiger partial charge in [-0.25, -0.2) is 9.59 Å². The SMILES string of the molecule is CC1=C(C(=O)OCC(=O)c2ccccc2)N2C(=O)C(NC(=O)c3ccccc3C(=O)O)[C@H]2SC1. The second-order valence-electron chi connectivity index (χ2n) is 7.71. The highest BCUT2D eigenvalue weighted by Crippen LogP contribution is 2.40. The number of carboxylic acids is 1. The van der Waals surface area contributed by atoms with E-state index in [1.165, 1.54) is 40.9 Å². The highest BCUT2D eigenvalue weighted by molar-refractivity contribution is 8.00. The average Bonchev–Trinajstić information content (AvgIpc) is 2.85. The molecule has 34 heavy (non-hydrogen) atoms. The number of hydrogen-bond acceptors (Lipinski definition) is 7. The summed E-state index contributed by atoms with van der Waals surface area (Å²) in [6.45, 7) is 1.23. The van der Waals surface area contributed by atoms with Gasteiger partial charge in [-0.1, -0.05) is 42.5 Å². The topological polar surface area (TPSA) is 130 Å². The summed E-state index contributed by atoms with van der Waals surface area (Å²) in [6, 6.07) is 13.2. The smallest absolute Gasteiger partial charge is 0.355 e. The summed E-state index contributed by atoms with van der Waals surface area (Å²) in [4.78, 5) is 63.2. The molecular formula is C24H20N2O7S. The van der Waals surface area contributed by atoms with Gasteiger partial charge in [-0.15, -0.1) is 11.8 Å². The maximum Gasteiger partial charge on any atom is 0.355 e. The number of benzene rings is 2. The van der Waals surface area contributed by atoms with Gasteiger partial charge >= 0.3 is 11.9 Å². The minimum atomic E-state index is -1.26. The van der Waals surface area contributed by atoms with Gasteiger partial charge in [-0.2, -0.15) is 0 Å². The number of ether oxygens (including phenoxy) is 1. The Balaban J connectivity index is 1.44. The molecule has 9 nitrogen and oxygen atoms in total. The summed E-state index contributed by atoms with van der Waals surface area (Å²) >= 11 is 1.36. The van der Waals surface area contributed by atoms with E-state index in [0.717, 1.165) is 0 Å². The molecule has 2 aliphatic rings. The number of carbonyl (C=O) groups excluding carboxylic acids is 4. The number of rotatable bonds is 7. The lowest BCUT2D eigenvalue weighted by molar-refractivity contribution is -0.151. The first-order chi connectivity index (χ1) is 16.3. The third-order valence-electron chi connectivity index (χ3n) is 5.47. The largest absolute Gasteiger partial charge is 0.478 e. The zero-order valence-corrected chi connectivity index (χ0v) is 18.8. The number of ketones is 1. The Kier molecular flexibility index (Phi) is 6.51. The van der Waals surface area contributed by atoms with E-state index in [9.17, 15) is 29.1 Å². The Bertz CT molecular complexity index is 1220. The minimum Gasteiger partial charge on any atom is -0.478 e. The normalized spacial score (nSPS) is 19.1. The van der Waals surface area contributed by atoms with Crippen LogP contribution in [0.1, 0.15) is 38.0 Å². The van der Waals surface area contributed by atoms with Gasteiger partial charge < -0.3 is 15.2 Å². The number of esters is 1. The van der Waals surface area contributed by atoms with Crippen LogP contribution in [0, 0.1) is 0 Å². The first-order valence-electron chi connectivity index (χ1n) is 10.3. The van der Waals surface area contributed by atoms with Crippen molar-refractivity contribution in [3.05, 3.63) is 82.6 Å². The quantitative estimate of drug-likeness (QED) is 0.350. The zero-order chi connectivity index (χ0) is 24.4. The van der Waals surface area contributed by atoms with Crippen LogP contribution in [0.15, 0.2) is 65.9 Å². The summed E-state index contributed by atoms with van der Waals surface area (Å²) in [5.74, 6) is -3.20. The third kappa shape index (κ3) is 4.32. The number of Topliss-reactive ketones (excluding diaryl/α,β-unsaturated/α-hetero) is 1. The van der Waals surface area contributed by atoms with E-state index in [1.807, 2.05) is 0 Å². The molecule has 2 aromatic rings. The van der Waals surface area contributed by atoms with Gasteiger partial charge in [0.2, 0.25) is 0 Å². The lowest BCUT2D eigenvalue weighted by Crippen LogP contribution is -2.70. The second-order valence-corrected chi connectivity index (χ2v) is 8.81. The van der Waals surface area contributed by atoms with Crippen LogP contribution in [0.25, 0.3) is 0 Å². The molecule has 1 fully saturated rings. The van der Waals surface area contributed by atoms with Gasteiger partial charge in [0.05, 0.1) is 11.1 Å². The van der Waals surface area contributed by atoms with Crippen LogP contribution >= 0.6 is 11.8 Å². The fraction of sp³-hybridized carbons (Fsp3) is 0.208. The van der Waals surface area contributed by atoms with Gasteiger partial charge in [0, 0.05) is 11.3 Å². The molecule has 4 rings (SSSR count). The highest BCUT2D eigenvalue weighted by Gasteiger charge is 2.54. The van der Waals surface area contributed by atoms with Crippen molar-refractivity contribution in [3.63, 3.8) is 0 Å². The van der Waals surface area contributed by atoms with Crippen LogP contribution in [0.3, 0.4) is 0 Å². The molecule has 0 aliphatic carbocycles. The van der Waals surface area contributed by atoms with Gasteiger partial charge in [-0.05, 0) is 24.6 Å². The second kappa shape index (κ2) is 9.52. The van der Waals surface area contributed by atoms with Crippen molar-refractivity contribution in [2.24, 2.45) is 0 Å². The van der Waals surface area contributed by atoms with Crippen molar-refractivity contribution in [1.29, 1.82) is 0 Å². The fourth-order valence-electron chi connectivity index (χ4n) is 3.76. The molecule has 2 N–H and O–H groups in total. The molecular weight excluding hydrogens is 460 g/mol. The molecule has 1 unspecified atom stereocenters. The van der Waals surface area contributed by atoms with E-state index in [-0.39, 0.29) is 22.6 Å². The van der Waals surface area contributed by atoms with Gasteiger partial charge in [0.25, 0.3) is 11.8 Å². The molecule has 2 aromatic carbocycles. The maximum atomic E-state index is 12.9. The minimum absolute atomic E-state index is 0.0612. The van der Waals surface area contributed by atoms with E-state index in [2.05, 4.69) is 5.32 Å². The Morgan fingerprint density at radius 2 is 1.71 bits per heavy atom. The van der Waals surface area contributed by atoms with Crippen LogP contribution < -0.4 is 5.32 Å². The number of carbonyl (C=O) groups is 5. The number of fused-ring (bicyclic) bond motifs is 1. The molecule has 0 saturated carbocycles. The summed E-state index contributed by atoms with van der Waals surface area (Å²) in [7, 11) is 0. The summed E-state index contributed by atoms with van der Waals surface area (Å²) < 4.78 is 5.19. The first kappa shape index (κ1) is 23.2. The molecule has 2 heterocycles. The third-order valence-corrected chi connectivity index (χ3v) is 6.90. The van der Waals surface area contributed by atoms with Crippen LogP contribution in [0.4, 0.5) is 0 Å². The molecule has 0 aromatic heterocycles. The number of nitrogens with zero attached hydrogens (tertiary/aromatic N) is 1. The van der Waals surface area contributed by atoms with E-state index in [0.29, 0.717) is 16.9 Å². The van der Waals surface area contributed by atoms with E-state index in [1.54, 1.807) is 37.3 Å². The molecule has 2 atom stereocenters. The number of β-lactam (4-membered cyclic amide) rings is 1. The number of aromatic carboxylic acids is 1. The Morgan fingerprint density at radius 3 is 2.38 bits per heavy atom. The van der Waals surface area contributed by atoms with E-state index in [4.69, 9.17) is 4.74 Å². The summed E-state index contributed by atoms with van der Waals surface area (Å²) in [5.41, 5.74) is 0.845. The van der Waals surface area contributed by atoms with E-state index < -0.39 is 41.8 Å². The van der Waals surface area contributed by atoms with Crippen molar-refractivity contribution in [3.8, 4) is 0 Å². The van der Waals surface area contributed by atoms with Crippen molar-refractivity contribution < 1.29 is 33.8 Å². The van der Waals surface area contributed by atoms with Gasteiger partial charge in [0.15, 0.2) is 12.4 Å². The highest BCUT2D eigenvalue weighted by atomic mass is 32.2. The number of amides is 2. The van der Waals surface area contributed by atoms with Crippen molar-refractivity contribution in [1.82, 2.24) is 10.2 Å². The molecule has 1 saturated heterocycles. The van der Waals surface area contributed by atoms with Crippen LogP contribution in [-0.4, -0.2) is 63.3 Å². The number of hydrogen-bond donors (Lipinski definition) is 2. The zero-order valence-electron chi connectivity index (χ0n) is 18.0. The monoisotopic (exact) mass is 480 g/mol. The number of thioether (sulfide) groups is 1. The fourth-order valence-corrected chi connectivity index (χ4v) is 5.05. The molecule has 0 spiro atoms. The average molecular weight is 480 g/mol. The first-order valence-corrected chi connectivity index (χ1v) is 11.4. The molecule has 0 radical (unpaired) electrons. The lowest BCUT2D eigenvalue weighted by Gasteiger charge is -2.49. The summed E-state index contributed by atoms with van der Waals surface area (Å²) in [6.07, 6.45) is 0. The van der Waals surface area contributed by atoms with E-state index >= 15 is 0 Å². The predicted octanol–water partition coefficient (Wildman–Crippen LogP) is 2.10. The van der Waals surface area contributed by atoms with Crippen molar-refractivity contribution in [2.45, 2.75) is 18.3 Å². The molecule has 0 bridgehead atoms. The Morgan fingerprint density at radius 1 is 1.06 bits per heavy atom. The van der Waals surface area contributed by atoms with Crippen molar-refractivity contribution in [2.75, 3.05) is 12.4 Å². The molecule has 174 valence electrons. The maximum absolute atomic E-state index is 12.9. The standard InChI is InChI=1S/C24H20N2O7S/c1-13-12-34-22-18(25-20(28)15-9-5-6-10-16(15)23(30)31)21(29)26(22)19(13)24(32)33-11-17(27)14-7-3-2-4-8-14/h2-10,18,22H,11-12H2,1H3,(H,25,28)(H,30,31)/t18?,22-/m1/s1. The molecule has 10 heteroatoms.